The van der Waals surface area contributed by atoms with Gasteiger partial charge in [-0.2, -0.15) is 5.10 Å². The number of amides is 1. The summed E-state index contributed by atoms with van der Waals surface area (Å²) in [6, 6.07) is 15.5. The molecule has 1 aliphatic heterocycles. The molecule has 3 aromatic heterocycles. The second kappa shape index (κ2) is 9.39. The van der Waals surface area contributed by atoms with Gasteiger partial charge >= 0.3 is 0 Å². The molecule has 1 amide bonds. The fraction of sp³-hybridized carbons (Fsp3) is 0.259. The number of carbonyl (C=O) groups excluding carboxylic acids is 1. The number of halogens is 1. The van der Waals surface area contributed by atoms with Crippen molar-refractivity contribution in [2.75, 3.05) is 0 Å². The van der Waals surface area contributed by atoms with E-state index in [1.165, 1.54) is 0 Å². The number of benzene rings is 1. The fourth-order valence-electron chi connectivity index (χ4n) is 4.23. The van der Waals surface area contributed by atoms with E-state index >= 15 is 0 Å². The molecule has 0 bridgehead atoms. The Morgan fingerprint density at radius 1 is 1.06 bits per heavy atom. The van der Waals surface area contributed by atoms with E-state index in [0.717, 1.165) is 46.6 Å². The van der Waals surface area contributed by atoms with Crippen molar-refractivity contribution in [1.82, 2.24) is 24.6 Å². The summed E-state index contributed by atoms with van der Waals surface area (Å²) in [7, 11) is 0. The molecule has 7 heteroatoms. The van der Waals surface area contributed by atoms with Crippen molar-refractivity contribution in [3.63, 3.8) is 0 Å². The molecule has 0 saturated heterocycles. The van der Waals surface area contributed by atoms with Gasteiger partial charge in [0, 0.05) is 47.7 Å². The molecule has 6 nitrogen and oxygen atoms in total. The van der Waals surface area contributed by atoms with Crippen LogP contribution >= 0.6 is 11.6 Å². The topological polar surface area (TPSA) is 63.9 Å². The van der Waals surface area contributed by atoms with Gasteiger partial charge < -0.3 is 4.90 Å². The van der Waals surface area contributed by atoms with Crippen LogP contribution in [0.2, 0.25) is 5.15 Å². The SMILES string of the molecule is CC(C)CCn1cc(-c2ccc(Cl)nc2-c2ccc3c(c2)C(=O)N(Cc2ccccn2)C3)cn1. The average molecular weight is 472 g/mol. The number of hydrogen-bond acceptors (Lipinski definition) is 4. The Morgan fingerprint density at radius 2 is 1.94 bits per heavy atom. The minimum Gasteiger partial charge on any atom is -0.328 e. The lowest BCUT2D eigenvalue weighted by atomic mass is 9.98. The first kappa shape index (κ1) is 22.3. The van der Waals surface area contributed by atoms with Crippen LogP contribution in [0.3, 0.4) is 0 Å². The van der Waals surface area contributed by atoms with E-state index in [1.807, 2.05) is 64.4 Å². The first-order valence-electron chi connectivity index (χ1n) is 11.5. The number of aryl methyl sites for hydroxylation is 1. The number of fused-ring (bicyclic) bond motifs is 1. The van der Waals surface area contributed by atoms with Crippen molar-refractivity contribution in [3.05, 3.63) is 89.1 Å². The number of carbonyl (C=O) groups is 1. The minimum absolute atomic E-state index is 0.00702. The van der Waals surface area contributed by atoms with Crippen LogP contribution in [0, 0.1) is 5.92 Å². The van der Waals surface area contributed by atoms with Gasteiger partial charge in [0.05, 0.1) is 24.1 Å². The fourth-order valence-corrected chi connectivity index (χ4v) is 4.37. The summed E-state index contributed by atoms with van der Waals surface area (Å²) in [5, 5.41) is 4.94. The van der Waals surface area contributed by atoms with Gasteiger partial charge in [0.15, 0.2) is 0 Å². The van der Waals surface area contributed by atoms with Crippen molar-refractivity contribution in [2.24, 2.45) is 5.92 Å². The molecule has 0 aliphatic carbocycles. The molecule has 4 aromatic rings. The van der Waals surface area contributed by atoms with Crippen molar-refractivity contribution in [2.45, 2.75) is 39.9 Å². The Morgan fingerprint density at radius 3 is 2.74 bits per heavy atom. The van der Waals surface area contributed by atoms with Gasteiger partial charge in [-0.05, 0) is 48.2 Å². The van der Waals surface area contributed by atoms with Crippen molar-refractivity contribution in [1.29, 1.82) is 0 Å². The third kappa shape index (κ3) is 4.59. The van der Waals surface area contributed by atoms with Crippen LogP contribution < -0.4 is 0 Å². The van der Waals surface area contributed by atoms with Crippen LogP contribution in [-0.2, 0) is 19.6 Å². The normalized spacial score (nSPS) is 13.1. The van der Waals surface area contributed by atoms with Gasteiger partial charge in [0.2, 0.25) is 0 Å². The maximum Gasteiger partial charge on any atom is 0.254 e. The summed E-state index contributed by atoms with van der Waals surface area (Å²) in [5.74, 6) is 0.620. The molecule has 172 valence electrons. The third-order valence-corrected chi connectivity index (χ3v) is 6.29. The van der Waals surface area contributed by atoms with Crippen molar-refractivity contribution < 1.29 is 4.79 Å². The van der Waals surface area contributed by atoms with Gasteiger partial charge in [-0.3, -0.25) is 14.5 Å². The van der Waals surface area contributed by atoms with E-state index < -0.39 is 0 Å². The maximum atomic E-state index is 13.2. The maximum absolute atomic E-state index is 13.2. The predicted molar refractivity (Wildman–Crippen MR) is 133 cm³/mol. The zero-order chi connectivity index (χ0) is 23.7. The Hall–Kier alpha value is -3.51. The number of nitrogens with zero attached hydrogens (tertiary/aromatic N) is 5. The van der Waals surface area contributed by atoms with Gasteiger partial charge in [0.25, 0.3) is 5.91 Å². The summed E-state index contributed by atoms with van der Waals surface area (Å²) >= 11 is 6.29. The Kier molecular flexibility index (Phi) is 6.16. The summed E-state index contributed by atoms with van der Waals surface area (Å²) in [6.45, 7) is 6.34. The predicted octanol–water partition coefficient (Wildman–Crippen LogP) is 5.86. The first-order chi connectivity index (χ1) is 16.5. The van der Waals surface area contributed by atoms with Crippen LogP contribution in [0.4, 0.5) is 0 Å². The van der Waals surface area contributed by atoms with E-state index in [9.17, 15) is 4.79 Å². The zero-order valence-electron chi connectivity index (χ0n) is 19.3. The zero-order valence-corrected chi connectivity index (χ0v) is 20.0. The summed E-state index contributed by atoms with van der Waals surface area (Å²) in [4.78, 5) is 24.0. The number of rotatable bonds is 7. The van der Waals surface area contributed by atoms with E-state index in [2.05, 4.69) is 28.9 Å². The van der Waals surface area contributed by atoms with E-state index in [-0.39, 0.29) is 5.91 Å². The monoisotopic (exact) mass is 471 g/mol. The summed E-state index contributed by atoms with van der Waals surface area (Å²) < 4.78 is 1.97. The molecule has 0 unspecified atom stereocenters. The van der Waals surface area contributed by atoms with Crippen LogP contribution in [-0.4, -0.2) is 30.6 Å². The van der Waals surface area contributed by atoms with Crippen LogP contribution in [0.1, 0.15) is 41.9 Å². The Labute approximate surface area is 204 Å². The molecule has 0 fully saturated rings. The molecule has 0 radical (unpaired) electrons. The van der Waals surface area contributed by atoms with Gasteiger partial charge in [0.1, 0.15) is 5.15 Å². The summed E-state index contributed by atoms with van der Waals surface area (Å²) in [6.07, 6.45) is 6.72. The molecule has 1 aromatic carbocycles. The van der Waals surface area contributed by atoms with Crippen molar-refractivity contribution in [3.8, 4) is 22.4 Å². The Balaban J connectivity index is 1.45. The van der Waals surface area contributed by atoms with E-state index in [0.29, 0.717) is 29.7 Å². The molecule has 5 rings (SSSR count). The largest absolute Gasteiger partial charge is 0.328 e. The van der Waals surface area contributed by atoms with E-state index in [4.69, 9.17) is 11.6 Å². The van der Waals surface area contributed by atoms with Gasteiger partial charge in [-0.15, -0.1) is 0 Å². The number of pyridine rings is 2. The highest BCUT2D eigenvalue weighted by atomic mass is 35.5. The average Bonchev–Trinajstić information content (AvgIpc) is 3.43. The minimum atomic E-state index is 0.00702. The standard InChI is InChI=1S/C27H26ClN5O/c1-18(2)10-12-33-16-21(14-30-33)23-8-9-25(28)31-26(23)19-6-7-20-15-32(27(34)24(20)13-19)17-22-5-3-4-11-29-22/h3-9,11,13-14,16,18H,10,12,15,17H2,1-2H3. The van der Waals surface area contributed by atoms with E-state index in [1.54, 1.807) is 12.3 Å². The quantitative estimate of drug-likeness (QED) is 0.316. The molecule has 0 saturated carbocycles. The number of hydrogen-bond donors (Lipinski definition) is 0. The third-order valence-electron chi connectivity index (χ3n) is 6.08. The second-order valence-electron chi connectivity index (χ2n) is 9.06. The van der Waals surface area contributed by atoms with Gasteiger partial charge in [-0.1, -0.05) is 43.6 Å². The number of aromatic nitrogens is 4. The lowest BCUT2D eigenvalue weighted by Crippen LogP contribution is -2.23. The van der Waals surface area contributed by atoms with Crippen LogP contribution in [0.25, 0.3) is 22.4 Å². The molecule has 0 spiro atoms. The molecule has 1 aliphatic rings. The lowest BCUT2D eigenvalue weighted by Gasteiger charge is -2.14. The van der Waals surface area contributed by atoms with Gasteiger partial charge in [-0.25, -0.2) is 4.98 Å². The second-order valence-corrected chi connectivity index (χ2v) is 9.45. The first-order valence-corrected chi connectivity index (χ1v) is 11.9. The lowest BCUT2D eigenvalue weighted by molar-refractivity contribution is 0.0764. The molecule has 0 atom stereocenters. The molecule has 0 N–H and O–H groups in total. The smallest absolute Gasteiger partial charge is 0.254 e. The van der Waals surface area contributed by atoms with Crippen molar-refractivity contribution >= 4 is 17.5 Å². The van der Waals surface area contributed by atoms with Crippen LogP contribution in [0.15, 0.2) is 67.1 Å². The molecular formula is C27H26ClN5O. The Bertz CT molecular complexity index is 1330. The molecule has 4 heterocycles. The molecular weight excluding hydrogens is 446 g/mol. The highest BCUT2D eigenvalue weighted by molar-refractivity contribution is 6.29. The summed E-state index contributed by atoms with van der Waals surface area (Å²) in [5.41, 5.74) is 6.11. The highest BCUT2D eigenvalue weighted by Gasteiger charge is 2.28. The highest BCUT2D eigenvalue weighted by Crippen LogP contribution is 2.35. The molecule has 34 heavy (non-hydrogen) atoms. The van der Waals surface area contributed by atoms with Crippen LogP contribution in [0.5, 0.6) is 0 Å².